The van der Waals surface area contributed by atoms with Gasteiger partial charge in [0.15, 0.2) is 6.10 Å². The Hall–Kier alpha value is -3.67. The van der Waals surface area contributed by atoms with Crippen molar-refractivity contribution in [2.75, 3.05) is 13.2 Å². The summed E-state index contributed by atoms with van der Waals surface area (Å²) < 4.78 is 16.8. The molecule has 424 valence electrons. The number of allylic oxidation sites excluding steroid dienone is 16. The molecule has 0 radical (unpaired) electrons. The first-order valence-corrected chi connectivity index (χ1v) is 31.2. The van der Waals surface area contributed by atoms with Crippen LogP contribution in [0.4, 0.5) is 0 Å². The lowest BCUT2D eigenvalue weighted by atomic mass is 10.0. The van der Waals surface area contributed by atoms with Gasteiger partial charge in [-0.3, -0.25) is 14.4 Å². The van der Waals surface area contributed by atoms with Gasteiger partial charge in [-0.05, 0) is 96.3 Å². The van der Waals surface area contributed by atoms with Crippen LogP contribution in [-0.2, 0) is 28.6 Å². The number of ether oxygens (including phenoxy) is 3. The number of rotatable bonds is 56. The van der Waals surface area contributed by atoms with E-state index in [1.165, 1.54) is 141 Å². The van der Waals surface area contributed by atoms with Gasteiger partial charge in [-0.1, -0.05) is 279 Å². The van der Waals surface area contributed by atoms with E-state index in [-0.39, 0.29) is 31.1 Å². The van der Waals surface area contributed by atoms with Crippen LogP contribution in [0.5, 0.6) is 0 Å². The molecular weight excluding hydrogens is 913 g/mol. The van der Waals surface area contributed by atoms with Gasteiger partial charge in [-0.2, -0.15) is 0 Å². The Morgan fingerprint density at radius 2 is 0.527 bits per heavy atom. The smallest absolute Gasteiger partial charge is 0.306 e. The Morgan fingerprint density at radius 3 is 0.824 bits per heavy atom. The third-order valence-corrected chi connectivity index (χ3v) is 13.3. The molecule has 0 aliphatic heterocycles. The Kier molecular flexibility index (Phi) is 58.8. The fraction of sp³-hybridized carbons (Fsp3) is 0.721. The van der Waals surface area contributed by atoms with Crippen molar-refractivity contribution in [2.24, 2.45) is 0 Å². The highest BCUT2D eigenvalue weighted by atomic mass is 16.6. The molecule has 1 atom stereocenters. The number of esters is 3. The van der Waals surface area contributed by atoms with Crippen LogP contribution in [0.2, 0.25) is 0 Å². The zero-order valence-corrected chi connectivity index (χ0v) is 48.6. The monoisotopic (exact) mass is 1030 g/mol. The lowest BCUT2D eigenvalue weighted by molar-refractivity contribution is -0.167. The summed E-state index contributed by atoms with van der Waals surface area (Å²) in [5, 5.41) is 0. The van der Waals surface area contributed by atoms with Crippen molar-refractivity contribution in [2.45, 2.75) is 303 Å². The molecule has 0 heterocycles. The van der Waals surface area contributed by atoms with Gasteiger partial charge in [0.1, 0.15) is 13.2 Å². The standard InChI is InChI=1S/C68H116O6/c1-4-7-10-13-16-18-20-22-24-26-28-30-31-32-33-34-35-36-37-39-40-42-44-46-48-50-52-55-58-61-67(70)73-64-65(63-72-66(69)60-57-54-15-12-9-6-3)74-68(71)62-59-56-53-51-49-47-45-43-41-38-29-27-25-23-21-19-17-14-11-8-5-2/h7-8,10-11,16-19,22-25,28-30,38,65H,4-6,9,12-15,20-21,26-27,31-37,39-64H2,1-3H3/b10-7-,11-8-,18-16-,19-17-,24-22-,25-23-,30-28-,38-29-. The molecule has 0 saturated carbocycles. The zero-order chi connectivity index (χ0) is 53.6. The molecule has 0 fully saturated rings. The summed E-state index contributed by atoms with van der Waals surface area (Å²) >= 11 is 0. The molecule has 0 aliphatic rings. The molecule has 0 saturated heterocycles. The maximum Gasteiger partial charge on any atom is 0.306 e. The first-order chi connectivity index (χ1) is 36.5. The molecule has 74 heavy (non-hydrogen) atoms. The van der Waals surface area contributed by atoms with E-state index in [1.807, 2.05) is 0 Å². The average Bonchev–Trinajstić information content (AvgIpc) is 3.40. The van der Waals surface area contributed by atoms with Crippen LogP contribution < -0.4 is 0 Å². The number of unbranched alkanes of at least 4 members (excludes halogenated alkanes) is 29. The van der Waals surface area contributed by atoms with Gasteiger partial charge in [0.05, 0.1) is 0 Å². The molecule has 6 heteroatoms. The lowest BCUT2D eigenvalue weighted by Crippen LogP contribution is -2.30. The number of hydrogen-bond acceptors (Lipinski definition) is 6. The van der Waals surface area contributed by atoms with Crippen molar-refractivity contribution in [3.05, 3.63) is 97.2 Å². The molecule has 0 rings (SSSR count). The molecule has 0 spiro atoms. The van der Waals surface area contributed by atoms with Gasteiger partial charge in [0, 0.05) is 19.3 Å². The lowest BCUT2D eigenvalue weighted by Gasteiger charge is -2.18. The molecule has 0 aromatic carbocycles. The summed E-state index contributed by atoms with van der Waals surface area (Å²) in [4.78, 5) is 38.0. The van der Waals surface area contributed by atoms with E-state index < -0.39 is 6.10 Å². The summed E-state index contributed by atoms with van der Waals surface area (Å²) in [7, 11) is 0. The molecule has 0 amide bonds. The molecular formula is C68H116O6. The molecule has 1 unspecified atom stereocenters. The summed E-state index contributed by atoms with van der Waals surface area (Å²) in [6.45, 7) is 6.37. The maximum atomic E-state index is 12.8. The van der Waals surface area contributed by atoms with Crippen LogP contribution in [0.3, 0.4) is 0 Å². The molecule has 0 aromatic rings. The van der Waals surface area contributed by atoms with Crippen LogP contribution >= 0.6 is 0 Å². The molecule has 0 bridgehead atoms. The Labute approximate surface area is 457 Å². The normalized spacial score (nSPS) is 12.7. The first-order valence-electron chi connectivity index (χ1n) is 31.2. The number of carbonyl (C=O) groups is 3. The van der Waals surface area contributed by atoms with E-state index in [1.54, 1.807) is 0 Å². The van der Waals surface area contributed by atoms with Gasteiger partial charge in [0.25, 0.3) is 0 Å². The van der Waals surface area contributed by atoms with E-state index >= 15 is 0 Å². The van der Waals surface area contributed by atoms with Crippen LogP contribution in [0.1, 0.15) is 297 Å². The van der Waals surface area contributed by atoms with Crippen molar-refractivity contribution in [1.82, 2.24) is 0 Å². The predicted molar refractivity (Wildman–Crippen MR) is 320 cm³/mol. The quantitative estimate of drug-likeness (QED) is 0.0261. The number of hydrogen-bond donors (Lipinski definition) is 0. The minimum atomic E-state index is -0.778. The predicted octanol–water partition coefficient (Wildman–Crippen LogP) is 21.3. The Morgan fingerprint density at radius 1 is 0.284 bits per heavy atom. The van der Waals surface area contributed by atoms with Crippen molar-refractivity contribution in [3.8, 4) is 0 Å². The molecule has 0 aliphatic carbocycles. The second-order valence-corrected chi connectivity index (χ2v) is 20.6. The highest BCUT2D eigenvalue weighted by Crippen LogP contribution is 2.16. The van der Waals surface area contributed by atoms with E-state index in [2.05, 4.69) is 118 Å². The van der Waals surface area contributed by atoms with Gasteiger partial charge >= 0.3 is 17.9 Å². The van der Waals surface area contributed by atoms with E-state index in [0.29, 0.717) is 19.3 Å². The maximum absolute atomic E-state index is 12.8. The van der Waals surface area contributed by atoms with E-state index in [4.69, 9.17) is 14.2 Å². The summed E-state index contributed by atoms with van der Waals surface area (Å²) in [5.41, 5.74) is 0. The van der Waals surface area contributed by atoms with Gasteiger partial charge in [-0.25, -0.2) is 0 Å². The summed E-state index contributed by atoms with van der Waals surface area (Å²) in [6, 6.07) is 0. The largest absolute Gasteiger partial charge is 0.462 e. The Balaban J connectivity index is 4.07. The summed E-state index contributed by atoms with van der Waals surface area (Å²) in [5.74, 6) is -0.888. The van der Waals surface area contributed by atoms with E-state index in [9.17, 15) is 14.4 Å². The van der Waals surface area contributed by atoms with Crippen LogP contribution in [0, 0.1) is 0 Å². The van der Waals surface area contributed by atoms with Gasteiger partial charge in [0.2, 0.25) is 0 Å². The Bertz CT molecular complexity index is 1460. The van der Waals surface area contributed by atoms with Gasteiger partial charge in [-0.15, -0.1) is 0 Å². The summed E-state index contributed by atoms with van der Waals surface area (Å²) in [6.07, 6.45) is 83.1. The van der Waals surface area contributed by atoms with Crippen molar-refractivity contribution >= 4 is 17.9 Å². The third-order valence-electron chi connectivity index (χ3n) is 13.3. The third kappa shape index (κ3) is 59.2. The number of carbonyl (C=O) groups excluding carboxylic acids is 3. The average molecular weight is 1030 g/mol. The van der Waals surface area contributed by atoms with Crippen molar-refractivity contribution < 1.29 is 28.6 Å². The minimum absolute atomic E-state index is 0.0785. The minimum Gasteiger partial charge on any atom is -0.462 e. The molecule has 0 N–H and O–H groups in total. The van der Waals surface area contributed by atoms with Crippen molar-refractivity contribution in [1.29, 1.82) is 0 Å². The fourth-order valence-electron chi connectivity index (χ4n) is 8.72. The fourth-order valence-corrected chi connectivity index (χ4v) is 8.72. The van der Waals surface area contributed by atoms with Crippen LogP contribution in [0.25, 0.3) is 0 Å². The first kappa shape index (κ1) is 70.3. The second kappa shape index (κ2) is 61.9. The van der Waals surface area contributed by atoms with E-state index in [0.717, 1.165) is 116 Å². The van der Waals surface area contributed by atoms with Gasteiger partial charge < -0.3 is 14.2 Å². The molecule has 6 nitrogen and oxygen atoms in total. The highest BCUT2D eigenvalue weighted by molar-refractivity contribution is 5.71. The second-order valence-electron chi connectivity index (χ2n) is 20.6. The van der Waals surface area contributed by atoms with Crippen LogP contribution in [-0.4, -0.2) is 37.2 Å². The van der Waals surface area contributed by atoms with Crippen LogP contribution in [0.15, 0.2) is 97.2 Å². The highest BCUT2D eigenvalue weighted by Gasteiger charge is 2.19. The van der Waals surface area contributed by atoms with Crippen molar-refractivity contribution in [3.63, 3.8) is 0 Å². The SMILES string of the molecule is CC/C=C\C/C=C\C/C=C\C/C=C\CCCCCCCCCCCCCCCCCCC(=O)OCC(COC(=O)CCCCCCCC)OC(=O)CCCCCCCCCC/C=C\C/C=C\C/C=C\C/C=C\CC. The molecule has 0 aromatic heterocycles. The topological polar surface area (TPSA) is 78.9 Å². The zero-order valence-electron chi connectivity index (χ0n) is 48.6.